The molecule has 1 N–H and O–H groups in total. The van der Waals surface area contributed by atoms with Crippen LogP contribution in [0.4, 0.5) is 5.69 Å². The van der Waals surface area contributed by atoms with Gasteiger partial charge in [-0.3, -0.25) is 4.79 Å². The number of nitrogens with zero attached hydrogens (tertiary/aromatic N) is 1. The number of carbonyl (C=O) groups excluding carboxylic acids is 1. The van der Waals surface area contributed by atoms with Crippen molar-refractivity contribution in [2.45, 2.75) is 6.42 Å². The Morgan fingerprint density at radius 2 is 2.12 bits per heavy atom. The van der Waals surface area contributed by atoms with Gasteiger partial charge in [-0.15, -0.1) is 0 Å². The van der Waals surface area contributed by atoms with Gasteiger partial charge in [0.2, 0.25) is 5.91 Å². The van der Waals surface area contributed by atoms with Crippen LogP contribution in [0.3, 0.4) is 0 Å². The van der Waals surface area contributed by atoms with Gasteiger partial charge >= 0.3 is 0 Å². The van der Waals surface area contributed by atoms with Gasteiger partial charge in [0.15, 0.2) is 0 Å². The molecule has 1 saturated heterocycles. The third kappa shape index (κ3) is 2.17. The van der Waals surface area contributed by atoms with Crippen LogP contribution >= 0.6 is 23.2 Å². The molecule has 1 unspecified atom stereocenters. The van der Waals surface area contributed by atoms with Crippen LogP contribution in [0.2, 0.25) is 10.0 Å². The summed E-state index contributed by atoms with van der Waals surface area (Å²) in [6, 6.07) is 5.09. The second-order valence-electron chi connectivity index (χ2n) is 3.86. The van der Waals surface area contributed by atoms with Crippen molar-refractivity contribution in [1.29, 1.82) is 0 Å². The zero-order chi connectivity index (χ0) is 11.7. The maximum atomic E-state index is 11.7. The number of halogens is 2. The third-order valence-corrected chi connectivity index (χ3v) is 3.42. The summed E-state index contributed by atoms with van der Waals surface area (Å²) in [5, 5.41) is 9.92. The number of aliphatic hydroxyl groups is 1. The standard InChI is InChI=1S/C11H11Cl2NO2/c12-9-2-1-8(4-10(9)13)14-5-7(6-15)3-11(14)16/h1-2,4,7,15H,3,5-6H2. The first-order valence-electron chi connectivity index (χ1n) is 4.98. The van der Waals surface area contributed by atoms with Crippen LogP contribution in [0.1, 0.15) is 6.42 Å². The summed E-state index contributed by atoms with van der Waals surface area (Å²) in [7, 11) is 0. The maximum absolute atomic E-state index is 11.7. The van der Waals surface area contributed by atoms with E-state index in [1.165, 1.54) is 0 Å². The molecule has 0 aromatic heterocycles. The van der Waals surface area contributed by atoms with E-state index in [-0.39, 0.29) is 18.4 Å². The third-order valence-electron chi connectivity index (χ3n) is 2.68. The first-order valence-corrected chi connectivity index (χ1v) is 5.73. The largest absolute Gasteiger partial charge is 0.396 e. The van der Waals surface area contributed by atoms with Crippen molar-refractivity contribution in [3.05, 3.63) is 28.2 Å². The first kappa shape index (κ1) is 11.7. The lowest BCUT2D eigenvalue weighted by atomic mass is 10.1. The van der Waals surface area contributed by atoms with Crippen LogP contribution in [0.25, 0.3) is 0 Å². The van der Waals surface area contributed by atoms with Gasteiger partial charge in [-0.25, -0.2) is 0 Å². The Labute approximate surface area is 104 Å². The van der Waals surface area contributed by atoms with Crippen molar-refractivity contribution >= 4 is 34.8 Å². The van der Waals surface area contributed by atoms with Crippen molar-refractivity contribution in [2.24, 2.45) is 5.92 Å². The van der Waals surface area contributed by atoms with E-state index in [0.717, 1.165) is 5.69 Å². The molecule has 0 radical (unpaired) electrons. The molecule has 1 amide bonds. The van der Waals surface area contributed by atoms with E-state index in [1.807, 2.05) is 0 Å². The molecule has 1 fully saturated rings. The number of anilines is 1. The highest BCUT2D eigenvalue weighted by molar-refractivity contribution is 6.42. The first-order chi connectivity index (χ1) is 7.61. The molecule has 1 aliphatic rings. The molecule has 0 saturated carbocycles. The van der Waals surface area contributed by atoms with E-state index in [4.69, 9.17) is 28.3 Å². The van der Waals surface area contributed by atoms with E-state index < -0.39 is 0 Å². The van der Waals surface area contributed by atoms with Crippen molar-refractivity contribution < 1.29 is 9.90 Å². The highest BCUT2D eigenvalue weighted by atomic mass is 35.5. The molecule has 1 atom stereocenters. The Kier molecular flexibility index (Phi) is 3.38. The monoisotopic (exact) mass is 259 g/mol. The zero-order valence-electron chi connectivity index (χ0n) is 8.49. The second kappa shape index (κ2) is 4.62. The quantitative estimate of drug-likeness (QED) is 0.886. The molecule has 2 rings (SSSR count). The van der Waals surface area contributed by atoms with Crippen molar-refractivity contribution in [3.8, 4) is 0 Å². The summed E-state index contributed by atoms with van der Waals surface area (Å²) in [6.45, 7) is 0.566. The Bertz CT molecular complexity index is 422. The van der Waals surface area contributed by atoms with Crippen molar-refractivity contribution in [1.82, 2.24) is 0 Å². The summed E-state index contributed by atoms with van der Waals surface area (Å²) in [5.41, 5.74) is 0.732. The Balaban J connectivity index is 2.24. The van der Waals surface area contributed by atoms with Crippen LogP contribution in [0.5, 0.6) is 0 Å². The average Bonchev–Trinajstić information content (AvgIpc) is 2.64. The molecular formula is C11H11Cl2NO2. The molecule has 16 heavy (non-hydrogen) atoms. The Hall–Kier alpha value is -0.770. The van der Waals surface area contributed by atoms with Gasteiger partial charge in [-0.05, 0) is 18.2 Å². The van der Waals surface area contributed by atoms with Crippen LogP contribution in [-0.2, 0) is 4.79 Å². The summed E-state index contributed by atoms with van der Waals surface area (Å²) in [4.78, 5) is 13.3. The highest BCUT2D eigenvalue weighted by Crippen LogP contribution is 2.30. The normalized spacial score (nSPS) is 20.6. The molecule has 86 valence electrons. The molecule has 3 nitrogen and oxygen atoms in total. The average molecular weight is 260 g/mol. The van der Waals surface area contributed by atoms with Crippen molar-refractivity contribution in [3.63, 3.8) is 0 Å². The lowest BCUT2D eigenvalue weighted by molar-refractivity contribution is -0.117. The SMILES string of the molecule is O=C1CC(CO)CN1c1ccc(Cl)c(Cl)c1. The fraction of sp³-hybridized carbons (Fsp3) is 0.364. The van der Waals surface area contributed by atoms with Crippen LogP contribution in [-0.4, -0.2) is 24.2 Å². The number of amides is 1. The van der Waals surface area contributed by atoms with Gasteiger partial charge in [0, 0.05) is 31.2 Å². The lowest BCUT2D eigenvalue weighted by Gasteiger charge is -2.16. The van der Waals surface area contributed by atoms with Gasteiger partial charge in [0.05, 0.1) is 10.0 Å². The summed E-state index contributed by atoms with van der Waals surface area (Å²) >= 11 is 11.7. The fourth-order valence-corrected chi connectivity index (χ4v) is 2.10. The minimum Gasteiger partial charge on any atom is -0.396 e. The van der Waals surface area contributed by atoms with Gasteiger partial charge in [0.1, 0.15) is 0 Å². The molecule has 1 aromatic rings. The molecular weight excluding hydrogens is 249 g/mol. The molecule has 5 heteroatoms. The summed E-state index contributed by atoms with van der Waals surface area (Å²) in [5.74, 6) is 0.0272. The summed E-state index contributed by atoms with van der Waals surface area (Å²) in [6.07, 6.45) is 0.386. The van der Waals surface area contributed by atoms with Gasteiger partial charge in [-0.2, -0.15) is 0 Å². The van der Waals surface area contributed by atoms with Gasteiger partial charge < -0.3 is 10.0 Å². The van der Waals surface area contributed by atoms with Crippen LogP contribution in [0.15, 0.2) is 18.2 Å². The smallest absolute Gasteiger partial charge is 0.227 e. The summed E-state index contributed by atoms with van der Waals surface area (Å²) < 4.78 is 0. The number of benzene rings is 1. The number of hydrogen-bond donors (Lipinski definition) is 1. The van der Waals surface area contributed by atoms with Crippen molar-refractivity contribution in [2.75, 3.05) is 18.1 Å². The van der Waals surface area contributed by atoms with Crippen LogP contribution < -0.4 is 4.90 Å². The Morgan fingerprint density at radius 3 is 2.69 bits per heavy atom. The van der Waals surface area contributed by atoms with E-state index in [1.54, 1.807) is 23.1 Å². The Morgan fingerprint density at radius 1 is 1.38 bits per heavy atom. The van der Waals surface area contributed by atoms with E-state index in [0.29, 0.717) is 23.0 Å². The number of carbonyl (C=O) groups is 1. The molecule has 0 aliphatic carbocycles. The fourth-order valence-electron chi connectivity index (χ4n) is 1.81. The van der Waals surface area contributed by atoms with Gasteiger partial charge in [0.25, 0.3) is 0 Å². The minimum absolute atomic E-state index is 0.0115. The number of hydrogen-bond acceptors (Lipinski definition) is 2. The molecule has 0 bridgehead atoms. The topological polar surface area (TPSA) is 40.5 Å². The predicted molar refractivity (Wildman–Crippen MR) is 64.0 cm³/mol. The van der Waals surface area contributed by atoms with E-state index in [2.05, 4.69) is 0 Å². The van der Waals surface area contributed by atoms with E-state index >= 15 is 0 Å². The van der Waals surface area contributed by atoms with E-state index in [9.17, 15) is 4.79 Å². The van der Waals surface area contributed by atoms with Gasteiger partial charge in [-0.1, -0.05) is 23.2 Å². The lowest BCUT2D eigenvalue weighted by Crippen LogP contribution is -2.24. The zero-order valence-corrected chi connectivity index (χ0v) is 10.0. The molecule has 1 aliphatic heterocycles. The predicted octanol–water partition coefficient (Wildman–Crippen LogP) is 2.34. The molecule has 1 heterocycles. The molecule has 1 aromatic carbocycles. The highest BCUT2D eigenvalue weighted by Gasteiger charge is 2.30. The number of rotatable bonds is 2. The molecule has 0 spiro atoms. The second-order valence-corrected chi connectivity index (χ2v) is 4.67. The van der Waals surface area contributed by atoms with Crippen LogP contribution in [0, 0.1) is 5.92 Å². The minimum atomic E-state index is 0.0115. The maximum Gasteiger partial charge on any atom is 0.227 e. The number of aliphatic hydroxyl groups excluding tert-OH is 1.